The van der Waals surface area contributed by atoms with Gasteiger partial charge >= 0.3 is 0 Å². The van der Waals surface area contributed by atoms with Crippen molar-refractivity contribution in [2.75, 3.05) is 19.5 Å². The normalized spacial score (nSPS) is 11.4. The largest absolute Gasteiger partial charge is 0.496 e. The van der Waals surface area contributed by atoms with E-state index in [9.17, 15) is 0 Å². The van der Waals surface area contributed by atoms with E-state index in [1.807, 2.05) is 54.6 Å². The van der Waals surface area contributed by atoms with E-state index in [1.165, 1.54) is 0 Å². The summed E-state index contributed by atoms with van der Waals surface area (Å²) in [6.45, 7) is 0.333. The summed E-state index contributed by atoms with van der Waals surface area (Å²) in [4.78, 5) is 8.89. The fourth-order valence-electron chi connectivity index (χ4n) is 2.55. The average Bonchev–Trinajstić information content (AvgIpc) is 2.65. The summed E-state index contributed by atoms with van der Waals surface area (Å²) in [5.74, 6) is 2.34. The lowest BCUT2D eigenvalue weighted by Gasteiger charge is -2.11. The van der Waals surface area contributed by atoms with Crippen molar-refractivity contribution in [3.05, 3.63) is 60.2 Å². The molecule has 128 valence electrons. The zero-order valence-electron chi connectivity index (χ0n) is 14.2. The third kappa shape index (κ3) is 3.80. The van der Waals surface area contributed by atoms with Crippen LogP contribution in [0.4, 0.5) is 5.82 Å². The summed E-state index contributed by atoms with van der Waals surface area (Å²) >= 11 is 0. The number of benzene rings is 2. The quantitative estimate of drug-likeness (QED) is 0.552. The molecule has 3 aromatic rings. The number of aromatic nitrogens is 1. The van der Waals surface area contributed by atoms with Crippen LogP contribution in [0.3, 0.4) is 0 Å². The number of methoxy groups -OCH3 is 2. The molecular weight excluding hydrogens is 316 g/mol. The number of hydrogen-bond donors (Lipinski definition) is 2. The molecule has 3 N–H and O–H groups in total. The van der Waals surface area contributed by atoms with Gasteiger partial charge in [-0.1, -0.05) is 24.3 Å². The lowest BCUT2D eigenvalue weighted by molar-refractivity contribution is 0.385. The van der Waals surface area contributed by atoms with Crippen molar-refractivity contribution in [1.82, 2.24) is 4.98 Å². The van der Waals surface area contributed by atoms with E-state index in [-0.39, 0.29) is 5.96 Å². The summed E-state index contributed by atoms with van der Waals surface area (Å²) in [5, 5.41) is 4.09. The molecule has 0 aliphatic heterocycles. The highest BCUT2D eigenvalue weighted by atomic mass is 16.5. The van der Waals surface area contributed by atoms with Crippen molar-refractivity contribution in [2.24, 2.45) is 10.7 Å². The van der Waals surface area contributed by atoms with Crippen LogP contribution in [-0.2, 0) is 6.54 Å². The molecule has 0 saturated carbocycles. The van der Waals surface area contributed by atoms with Gasteiger partial charge in [-0.25, -0.2) is 9.98 Å². The molecule has 0 radical (unpaired) electrons. The summed E-state index contributed by atoms with van der Waals surface area (Å²) in [6, 6.07) is 17.3. The third-order valence-corrected chi connectivity index (χ3v) is 3.79. The Kier molecular flexibility index (Phi) is 4.99. The van der Waals surface area contributed by atoms with Crippen molar-refractivity contribution in [1.29, 1.82) is 0 Å². The molecule has 0 fully saturated rings. The van der Waals surface area contributed by atoms with Gasteiger partial charge in [0.2, 0.25) is 0 Å². The molecule has 1 aromatic heterocycles. The van der Waals surface area contributed by atoms with Gasteiger partial charge in [0.05, 0.1) is 31.8 Å². The maximum absolute atomic E-state index is 6.00. The Morgan fingerprint density at radius 3 is 2.44 bits per heavy atom. The van der Waals surface area contributed by atoms with E-state index in [2.05, 4.69) is 15.3 Å². The molecular formula is C19H20N4O2. The van der Waals surface area contributed by atoms with Crippen LogP contribution in [0.15, 0.2) is 59.6 Å². The van der Waals surface area contributed by atoms with E-state index in [4.69, 9.17) is 15.2 Å². The molecule has 1 heterocycles. The minimum Gasteiger partial charge on any atom is -0.496 e. The number of nitrogens with two attached hydrogens (primary N) is 1. The average molecular weight is 336 g/mol. The zero-order chi connectivity index (χ0) is 17.6. The maximum atomic E-state index is 6.00. The first kappa shape index (κ1) is 16.6. The van der Waals surface area contributed by atoms with Gasteiger partial charge in [-0.15, -0.1) is 0 Å². The Bertz CT molecular complexity index is 887. The standard InChI is InChI=1S/C19H20N4O2/c1-24-16-8-5-9-17(25-2)14(16)12-21-19(20)23-18-11-10-13-6-3-4-7-15(13)22-18/h3-11H,12H2,1-2H3,(H3,20,21,22,23). The molecule has 3 rings (SSSR count). The number of rotatable bonds is 5. The van der Waals surface area contributed by atoms with Gasteiger partial charge in [0, 0.05) is 5.39 Å². The molecule has 0 bridgehead atoms. The van der Waals surface area contributed by atoms with E-state index >= 15 is 0 Å². The fourth-order valence-corrected chi connectivity index (χ4v) is 2.55. The van der Waals surface area contributed by atoms with Crippen LogP contribution >= 0.6 is 0 Å². The number of pyridine rings is 1. The topological polar surface area (TPSA) is 81.8 Å². The van der Waals surface area contributed by atoms with Crippen molar-refractivity contribution in [3.8, 4) is 11.5 Å². The highest BCUT2D eigenvalue weighted by Gasteiger charge is 2.09. The maximum Gasteiger partial charge on any atom is 0.194 e. The first-order valence-corrected chi connectivity index (χ1v) is 7.84. The summed E-state index contributed by atoms with van der Waals surface area (Å²) in [7, 11) is 3.23. The molecule has 2 aromatic carbocycles. The Hall–Kier alpha value is -3.28. The fraction of sp³-hybridized carbons (Fsp3) is 0.158. The number of nitrogens with one attached hydrogen (secondary N) is 1. The molecule has 0 unspecified atom stereocenters. The van der Waals surface area contributed by atoms with E-state index in [1.54, 1.807) is 14.2 Å². The van der Waals surface area contributed by atoms with Crippen molar-refractivity contribution in [2.45, 2.75) is 6.54 Å². The second kappa shape index (κ2) is 7.53. The number of nitrogens with zero attached hydrogens (tertiary/aromatic N) is 2. The van der Waals surface area contributed by atoms with Gasteiger partial charge < -0.3 is 20.5 Å². The third-order valence-electron chi connectivity index (χ3n) is 3.79. The lowest BCUT2D eigenvalue weighted by Crippen LogP contribution is -2.23. The minimum absolute atomic E-state index is 0.274. The molecule has 6 heteroatoms. The Morgan fingerprint density at radius 1 is 1.00 bits per heavy atom. The molecule has 0 spiro atoms. The number of aliphatic imine (C=N–C) groups is 1. The van der Waals surface area contributed by atoms with Gasteiger partial charge in [0.15, 0.2) is 5.96 Å². The van der Waals surface area contributed by atoms with E-state index in [0.29, 0.717) is 23.9 Å². The predicted octanol–water partition coefficient (Wildman–Crippen LogP) is 3.18. The number of para-hydroxylation sites is 1. The van der Waals surface area contributed by atoms with Crippen molar-refractivity contribution in [3.63, 3.8) is 0 Å². The number of ether oxygens (including phenoxy) is 2. The van der Waals surface area contributed by atoms with Crippen LogP contribution in [0.5, 0.6) is 11.5 Å². The highest BCUT2D eigenvalue weighted by molar-refractivity contribution is 5.92. The lowest BCUT2D eigenvalue weighted by atomic mass is 10.2. The zero-order valence-corrected chi connectivity index (χ0v) is 14.2. The minimum atomic E-state index is 0.274. The van der Waals surface area contributed by atoms with Crippen LogP contribution in [-0.4, -0.2) is 25.2 Å². The van der Waals surface area contributed by atoms with Crippen molar-refractivity contribution >= 4 is 22.7 Å². The highest BCUT2D eigenvalue weighted by Crippen LogP contribution is 2.28. The van der Waals surface area contributed by atoms with Crippen LogP contribution < -0.4 is 20.5 Å². The first-order valence-electron chi connectivity index (χ1n) is 7.84. The Labute approximate surface area is 146 Å². The molecule has 0 atom stereocenters. The molecule has 25 heavy (non-hydrogen) atoms. The second-order valence-electron chi connectivity index (χ2n) is 5.36. The molecule has 0 aliphatic rings. The summed E-state index contributed by atoms with van der Waals surface area (Å²) in [5.41, 5.74) is 7.73. The number of guanidine groups is 1. The van der Waals surface area contributed by atoms with Gasteiger partial charge in [-0.2, -0.15) is 0 Å². The second-order valence-corrected chi connectivity index (χ2v) is 5.36. The summed E-state index contributed by atoms with van der Waals surface area (Å²) in [6.07, 6.45) is 0. The van der Waals surface area contributed by atoms with Gasteiger partial charge in [-0.05, 0) is 30.3 Å². The van der Waals surface area contributed by atoms with E-state index in [0.717, 1.165) is 16.5 Å². The smallest absolute Gasteiger partial charge is 0.194 e. The molecule has 0 saturated heterocycles. The first-order chi connectivity index (χ1) is 12.2. The number of fused-ring (bicyclic) bond motifs is 1. The van der Waals surface area contributed by atoms with Crippen LogP contribution in [0.2, 0.25) is 0 Å². The van der Waals surface area contributed by atoms with Crippen molar-refractivity contribution < 1.29 is 9.47 Å². The monoisotopic (exact) mass is 336 g/mol. The van der Waals surface area contributed by atoms with Gasteiger partial charge in [0.25, 0.3) is 0 Å². The Balaban J connectivity index is 1.78. The van der Waals surface area contributed by atoms with Crippen LogP contribution in [0.1, 0.15) is 5.56 Å². The van der Waals surface area contributed by atoms with Crippen LogP contribution in [0, 0.1) is 0 Å². The molecule has 0 amide bonds. The molecule has 6 nitrogen and oxygen atoms in total. The van der Waals surface area contributed by atoms with Gasteiger partial charge in [-0.3, -0.25) is 0 Å². The van der Waals surface area contributed by atoms with Crippen LogP contribution in [0.25, 0.3) is 10.9 Å². The SMILES string of the molecule is COc1cccc(OC)c1CN=C(N)Nc1ccc2ccccc2n1. The van der Waals surface area contributed by atoms with E-state index < -0.39 is 0 Å². The van der Waals surface area contributed by atoms with Gasteiger partial charge in [0.1, 0.15) is 17.3 Å². The number of anilines is 1. The molecule has 0 aliphatic carbocycles. The summed E-state index contributed by atoms with van der Waals surface area (Å²) < 4.78 is 10.7. The predicted molar refractivity (Wildman–Crippen MR) is 100 cm³/mol. The number of hydrogen-bond acceptors (Lipinski definition) is 4. The Morgan fingerprint density at radius 2 is 1.72 bits per heavy atom.